The van der Waals surface area contributed by atoms with Crippen LogP contribution in [0.2, 0.25) is 0 Å². The van der Waals surface area contributed by atoms with Crippen LogP contribution < -0.4 is 10.6 Å². The van der Waals surface area contributed by atoms with Crippen molar-refractivity contribution in [3.05, 3.63) is 0 Å². The molecule has 0 aliphatic carbocycles. The van der Waals surface area contributed by atoms with Gasteiger partial charge in [-0.15, -0.1) is 0 Å². The van der Waals surface area contributed by atoms with Crippen LogP contribution in [-0.4, -0.2) is 163 Å². The number of hydrogen-bond acceptors (Lipinski definition) is 15. The van der Waals surface area contributed by atoms with Crippen LogP contribution in [0, 0.1) is 0 Å². The molecule has 0 spiro atoms. The standard InChI is InChI=1S/C54H104N2O15/c1-4-6-8-10-12-14-16-18-19-20-21-22-23-25-27-29-31-33-35-42(61)52(67)56-40(46(62)41(60)34-32-30-28-26-24-17-15-13-11-9-7-5-2)38-68-54-50(66)51(48(64)44(37-58)70-54)71-53-45(55-39(3)59)49(65)47(63)43(36-57)69-53/h40-51,53-54,57-58,60-66H,4-38H2,1-3H3,(H,55,59)(H,56,67)/t40-,41+,42+,43+,44+,45+,46-,47-,48-,49+,50+,51-,53+,54-/m0/s1. The molecule has 0 unspecified atom stereocenters. The summed E-state index contributed by atoms with van der Waals surface area (Å²) in [5.74, 6) is -1.40. The number of rotatable bonds is 44. The minimum Gasteiger partial charge on any atom is -0.394 e. The summed E-state index contributed by atoms with van der Waals surface area (Å²) in [4.78, 5) is 25.5. The fourth-order valence-corrected chi connectivity index (χ4v) is 9.80. The van der Waals surface area contributed by atoms with Crippen molar-refractivity contribution in [3.8, 4) is 0 Å². The summed E-state index contributed by atoms with van der Waals surface area (Å²) < 4.78 is 23.2. The maximum absolute atomic E-state index is 13.4. The Bertz CT molecular complexity index is 1310. The fraction of sp³-hybridized carbons (Fsp3) is 0.963. The van der Waals surface area contributed by atoms with E-state index in [4.69, 9.17) is 18.9 Å². The number of carbonyl (C=O) groups excluding carboxylic acids is 2. The molecule has 71 heavy (non-hydrogen) atoms. The Morgan fingerprint density at radius 1 is 0.521 bits per heavy atom. The molecule has 0 aromatic heterocycles. The molecule has 2 rings (SSSR count). The molecule has 2 saturated heterocycles. The average molecular weight is 1020 g/mol. The van der Waals surface area contributed by atoms with Gasteiger partial charge in [0.25, 0.3) is 0 Å². The highest BCUT2D eigenvalue weighted by atomic mass is 16.7. The van der Waals surface area contributed by atoms with Gasteiger partial charge < -0.3 is 75.5 Å². The first-order chi connectivity index (χ1) is 34.3. The van der Waals surface area contributed by atoms with Crippen molar-refractivity contribution in [2.45, 2.75) is 312 Å². The van der Waals surface area contributed by atoms with E-state index >= 15 is 0 Å². The number of carbonyl (C=O) groups is 2. The predicted octanol–water partition coefficient (Wildman–Crippen LogP) is 5.86. The van der Waals surface area contributed by atoms with Crippen LogP contribution in [0.25, 0.3) is 0 Å². The van der Waals surface area contributed by atoms with Crippen molar-refractivity contribution < 1.29 is 74.5 Å². The zero-order valence-electron chi connectivity index (χ0n) is 44.3. The summed E-state index contributed by atoms with van der Waals surface area (Å²) in [5, 5.41) is 102. The second-order valence-corrected chi connectivity index (χ2v) is 20.7. The van der Waals surface area contributed by atoms with Crippen molar-refractivity contribution in [2.24, 2.45) is 0 Å². The number of aliphatic hydroxyl groups is 9. The molecular formula is C54H104N2O15. The van der Waals surface area contributed by atoms with E-state index in [0.717, 1.165) is 58.3 Å². The number of aliphatic hydroxyl groups excluding tert-OH is 9. The van der Waals surface area contributed by atoms with Crippen LogP contribution >= 0.6 is 0 Å². The second kappa shape index (κ2) is 40.7. The van der Waals surface area contributed by atoms with Gasteiger partial charge in [0.2, 0.25) is 11.8 Å². The lowest BCUT2D eigenvalue weighted by Gasteiger charge is -2.47. The largest absolute Gasteiger partial charge is 0.394 e. The Labute approximate surface area is 427 Å². The minimum atomic E-state index is -1.85. The lowest BCUT2D eigenvalue weighted by Crippen LogP contribution is -2.68. The summed E-state index contributed by atoms with van der Waals surface area (Å²) >= 11 is 0. The SMILES string of the molecule is CCCCCCCCCCCCCCCCCCCC[C@@H](O)C(=O)N[C@@H](CO[C@H]1O[C@H](CO)[C@H](O)[C@H](O[C@H]2O[C@H](CO)[C@H](O)[C@H](O)[C@H]2NC(C)=O)[C@H]1O)[C@H](O)[C@H](O)CCCCCCCCCCCCCC. The molecule has 2 aliphatic rings. The summed E-state index contributed by atoms with van der Waals surface area (Å²) in [6.45, 7) is 3.55. The van der Waals surface area contributed by atoms with Crippen LogP contribution in [0.5, 0.6) is 0 Å². The zero-order chi connectivity index (χ0) is 52.2. The molecule has 11 N–H and O–H groups in total. The van der Waals surface area contributed by atoms with Crippen molar-refractivity contribution in [1.82, 2.24) is 10.6 Å². The van der Waals surface area contributed by atoms with E-state index in [0.29, 0.717) is 12.8 Å². The van der Waals surface area contributed by atoms with Gasteiger partial charge in [-0.1, -0.05) is 206 Å². The summed E-state index contributed by atoms with van der Waals surface area (Å²) in [6.07, 6.45) is 17.1. The van der Waals surface area contributed by atoms with E-state index < -0.39 is 117 Å². The Balaban J connectivity index is 1.96. The quantitative estimate of drug-likeness (QED) is 0.0319. The van der Waals surface area contributed by atoms with E-state index in [1.165, 1.54) is 128 Å². The molecule has 2 fully saturated rings. The van der Waals surface area contributed by atoms with Crippen molar-refractivity contribution in [2.75, 3.05) is 19.8 Å². The predicted molar refractivity (Wildman–Crippen MR) is 273 cm³/mol. The molecule has 2 aliphatic heterocycles. The van der Waals surface area contributed by atoms with Crippen LogP contribution in [-0.2, 0) is 28.5 Å². The topological polar surface area (TPSA) is 277 Å². The van der Waals surface area contributed by atoms with Gasteiger partial charge in [-0.25, -0.2) is 0 Å². The Morgan fingerprint density at radius 2 is 0.915 bits per heavy atom. The molecule has 2 heterocycles. The lowest BCUT2D eigenvalue weighted by atomic mass is 9.95. The van der Waals surface area contributed by atoms with Gasteiger partial charge in [0, 0.05) is 6.92 Å². The first-order valence-corrected chi connectivity index (χ1v) is 28.4. The molecule has 0 aromatic rings. The molecule has 17 nitrogen and oxygen atoms in total. The highest BCUT2D eigenvalue weighted by Gasteiger charge is 2.51. The van der Waals surface area contributed by atoms with E-state index in [1.807, 2.05) is 0 Å². The van der Waals surface area contributed by atoms with Gasteiger partial charge in [-0.05, 0) is 12.8 Å². The number of nitrogens with one attached hydrogen (secondary N) is 2. The van der Waals surface area contributed by atoms with E-state index in [9.17, 15) is 55.5 Å². The molecule has 0 aromatic carbocycles. The van der Waals surface area contributed by atoms with Gasteiger partial charge >= 0.3 is 0 Å². The highest BCUT2D eigenvalue weighted by Crippen LogP contribution is 2.30. The van der Waals surface area contributed by atoms with Gasteiger partial charge in [0.05, 0.1) is 32.0 Å². The summed E-state index contributed by atoms with van der Waals surface area (Å²) in [5.41, 5.74) is 0. The molecule has 0 bridgehead atoms. The zero-order valence-corrected chi connectivity index (χ0v) is 44.3. The number of amides is 2. The fourth-order valence-electron chi connectivity index (χ4n) is 9.80. The monoisotopic (exact) mass is 1020 g/mol. The third-order valence-corrected chi connectivity index (χ3v) is 14.4. The van der Waals surface area contributed by atoms with Gasteiger partial charge in [-0.2, -0.15) is 0 Å². The van der Waals surface area contributed by atoms with Crippen LogP contribution in [0.15, 0.2) is 0 Å². The normalized spacial score (nSPS) is 26.5. The molecule has 0 saturated carbocycles. The van der Waals surface area contributed by atoms with Crippen molar-refractivity contribution in [3.63, 3.8) is 0 Å². The van der Waals surface area contributed by atoms with Gasteiger partial charge in [0.1, 0.15) is 61.0 Å². The first-order valence-electron chi connectivity index (χ1n) is 28.4. The molecular weight excluding hydrogens is 917 g/mol. The number of ether oxygens (including phenoxy) is 4. The molecule has 0 radical (unpaired) electrons. The maximum Gasteiger partial charge on any atom is 0.249 e. The second-order valence-electron chi connectivity index (χ2n) is 20.7. The van der Waals surface area contributed by atoms with Crippen molar-refractivity contribution in [1.29, 1.82) is 0 Å². The van der Waals surface area contributed by atoms with E-state index in [-0.39, 0.29) is 12.8 Å². The number of unbranched alkanes of at least 4 members (excludes halogenated alkanes) is 28. The lowest BCUT2D eigenvalue weighted by molar-refractivity contribution is -0.348. The van der Waals surface area contributed by atoms with Crippen LogP contribution in [0.1, 0.15) is 226 Å². The van der Waals surface area contributed by atoms with Gasteiger partial charge in [0.15, 0.2) is 12.6 Å². The molecule has 420 valence electrons. The highest BCUT2D eigenvalue weighted by molar-refractivity contribution is 5.80. The Kier molecular flexibility index (Phi) is 37.6. The smallest absolute Gasteiger partial charge is 0.249 e. The minimum absolute atomic E-state index is 0.195. The van der Waals surface area contributed by atoms with Gasteiger partial charge in [-0.3, -0.25) is 9.59 Å². The number of hydrogen-bond donors (Lipinski definition) is 11. The van der Waals surface area contributed by atoms with E-state index in [1.54, 1.807) is 0 Å². The Morgan fingerprint density at radius 3 is 1.34 bits per heavy atom. The van der Waals surface area contributed by atoms with Crippen molar-refractivity contribution >= 4 is 11.8 Å². The average Bonchev–Trinajstić information content (AvgIpc) is 3.35. The van der Waals surface area contributed by atoms with Crippen LogP contribution in [0.4, 0.5) is 0 Å². The Hall–Kier alpha value is -1.58. The summed E-state index contributed by atoms with van der Waals surface area (Å²) in [7, 11) is 0. The summed E-state index contributed by atoms with van der Waals surface area (Å²) in [6, 6.07) is -2.71. The molecule has 17 heteroatoms. The first kappa shape index (κ1) is 65.5. The third kappa shape index (κ3) is 27.2. The third-order valence-electron chi connectivity index (χ3n) is 14.4. The van der Waals surface area contributed by atoms with Crippen LogP contribution in [0.3, 0.4) is 0 Å². The maximum atomic E-state index is 13.4. The molecule has 2 amide bonds. The van der Waals surface area contributed by atoms with E-state index in [2.05, 4.69) is 24.5 Å². The molecule has 14 atom stereocenters.